The number of aryl methyl sites for hydroxylation is 2. The average Bonchev–Trinajstić information content (AvgIpc) is 3.21. The normalized spacial score (nSPS) is 11.3. The van der Waals surface area contributed by atoms with Crippen molar-refractivity contribution in [2.24, 2.45) is 0 Å². The fourth-order valence-corrected chi connectivity index (χ4v) is 5.12. The van der Waals surface area contributed by atoms with Crippen molar-refractivity contribution >= 4 is 33.3 Å². The van der Waals surface area contributed by atoms with Crippen molar-refractivity contribution in [2.45, 2.75) is 31.2 Å². The zero-order chi connectivity index (χ0) is 23.7. The van der Waals surface area contributed by atoms with Crippen LogP contribution >= 0.6 is 27.7 Å². The molecular weight excluding hydrogens is 510 g/mol. The van der Waals surface area contributed by atoms with E-state index in [2.05, 4.69) is 79.9 Å². The lowest BCUT2D eigenvalue weighted by Crippen LogP contribution is -2.15. The summed E-state index contributed by atoms with van der Waals surface area (Å²) < 4.78 is 4.49. The Morgan fingerprint density at radius 3 is 2.59 bits per heavy atom. The minimum Gasteiger partial charge on any atom is -0.273 e. The zero-order valence-electron chi connectivity index (χ0n) is 18.8. The smallest absolute Gasteiger partial charge is 0.258 e. The van der Waals surface area contributed by atoms with Gasteiger partial charge in [0.25, 0.3) is 5.56 Å². The summed E-state index contributed by atoms with van der Waals surface area (Å²) >= 11 is 4.93. The number of aromatic nitrogens is 5. The molecule has 2 aromatic carbocycles. The highest BCUT2D eigenvalue weighted by Gasteiger charge is 2.17. The third-order valence-corrected chi connectivity index (χ3v) is 6.96. The van der Waals surface area contributed by atoms with Crippen molar-refractivity contribution in [1.82, 2.24) is 24.1 Å². The minimum absolute atomic E-state index is 0.109. The molecule has 170 valence electrons. The Hall–Kier alpha value is -3.23. The number of rotatable bonds is 6. The van der Waals surface area contributed by atoms with Gasteiger partial charge in [-0.1, -0.05) is 59.8 Å². The second kappa shape index (κ2) is 9.56. The molecule has 0 saturated carbocycles. The van der Waals surface area contributed by atoms with Gasteiger partial charge in [-0.2, -0.15) is 0 Å². The van der Waals surface area contributed by atoms with Crippen LogP contribution in [-0.2, 0) is 12.2 Å². The molecule has 0 spiro atoms. The maximum absolute atomic E-state index is 12.6. The van der Waals surface area contributed by atoms with Crippen LogP contribution in [0.3, 0.4) is 0 Å². The number of hydrogen-bond acceptors (Lipinski definition) is 5. The molecule has 5 aromatic rings. The Kier molecular flexibility index (Phi) is 6.34. The van der Waals surface area contributed by atoms with Gasteiger partial charge in [-0.05, 0) is 59.1 Å². The van der Waals surface area contributed by atoms with Gasteiger partial charge < -0.3 is 0 Å². The highest BCUT2D eigenvalue weighted by Crippen LogP contribution is 2.28. The number of pyridine rings is 1. The maximum Gasteiger partial charge on any atom is 0.258 e. The van der Waals surface area contributed by atoms with E-state index in [0.717, 1.165) is 26.7 Å². The first-order valence-electron chi connectivity index (χ1n) is 10.8. The van der Waals surface area contributed by atoms with E-state index in [-0.39, 0.29) is 5.56 Å². The van der Waals surface area contributed by atoms with Crippen LogP contribution in [0, 0.1) is 13.8 Å². The lowest BCUT2D eigenvalue weighted by atomic mass is 10.1. The fraction of sp³-hybridized carbons (Fsp3) is 0.154. The number of halogens is 1. The molecular formula is C26H22BrN5OS. The molecule has 0 N–H and O–H groups in total. The lowest BCUT2D eigenvalue weighted by Gasteiger charge is -2.14. The Bertz CT molecular complexity index is 1540. The van der Waals surface area contributed by atoms with Crippen LogP contribution in [0.25, 0.3) is 11.3 Å². The molecule has 0 radical (unpaired) electrons. The molecule has 5 rings (SSSR count). The van der Waals surface area contributed by atoms with Crippen LogP contribution in [0.15, 0.2) is 87.4 Å². The van der Waals surface area contributed by atoms with Gasteiger partial charge in [0, 0.05) is 28.9 Å². The van der Waals surface area contributed by atoms with Gasteiger partial charge in [0.2, 0.25) is 0 Å². The van der Waals surface area contributed by atoms with E-state index >= 15 is 0 Å². The SMILES string of the molecule is Cc1ccc(-n2c(Cc3ccccc3)nnc2SCc2cc(=O)n3cc(Br)ccc3n2)c(C)c1. The molecule has 0 atom stereocenters. The first-order valence-corrected chi connectivity index (χ1v) is 12.6. The molecule has 6 nitrogen and oxygen atoms in total. The number of thioether (sulfide) groups is 1. The predicted molar refractivity (Wildman–Crippen MR) is 139 cm³/mol. The van der Waals surface area contributed by atoms with Crippen molar-refractivity contribution < 1.29 is 0 Å². The predicted octanol–water partition coefficient (Wildman–Crippen LogP) is 5.54. The second-order valence-corrected chi connectivity index (χ2v) is 9.99. The number of fused-ring (bicyclic) bond motifs is 1. The Morgan fingerprint density at radius 1 is 0.971 bits per heavy atom. The minimum atomic E-state index is -0.109. The topological polar surface area (TPSA) is 65.1 Å². The van der Waals surface area contributed by atoms with Crippen molar-refractivity contribution in [3.63, 3.8) is 0 Å². The van der Waals surface area contributed by atoms with Gasteiger partial charge in [0.05, 0.1) is 11.4 Å². The summed E-state index contributed by atoms with van der Waals surface area (Å²) in [6, 6.07) is 21.9. The summed E-state index contributed by atoms with van der Waals surface area (Å²) in [7, 11) is 0. The summed E-state index contributed by atoms with van der Waals surface area (Å²) in [5.74, 6) is 1.38. The average molecular weight is 532 g/mol. The third kappa shape index (κ3) is 4.69. The van der Waals surface area contributed by atoms with E-state index in [1.165, 1.54) is 27.3 Å². The van der Waals surface area contributed by atoms with Crippen molar-refractivity contribution in [1.29, 1.82) is 0 Å². The van der Waals surface area contributed by atoms with Crippen molar-refractivity contribution in [3.05, 3.63) is 116 Å². The van der Waals surface area contributed by atoms with Gasteiger partial charge in [-0.25, -0.2) is 4.98 Å². The summed E-state index contributed by atoms with van der Waals surface area (Å²) in [6.07, 6.45) is 2.40. The van der Waals surface area contributed by atoms with E-state index in [1.807, 2.05) is 30.3 Å². The monoisotopic (exact) mass is 531 g/mol. The standard InChI is InChI=1S/C26H22BrN5OS/c1-17-8-10-22(18(2)12-17)32-24(13-19-6-4-3-5-7-19)29-30-26(32)34-16-21-14-25(33)31-15-20(27)9-11-23(31)28-21/h3-12,14-15H,13,16H2,1-2H3. The Balaban J connectivity index is 1.50. The molecule has 8 heteroatoms. The molecule has 0 saturated heterocycles. The van der Waals surface area contributed by atoms with Crippen LogP contribution < -0.4 is 5.56 Å². The van der Waals surface area contributed by atoms with Crippen molar-refractivity contribution in [3.8, 4) is 5.69 Å². The summed E-state index contributed by atoms with van der Waals surface area (Å²) in [4.78, 5) is 17.3. The van der Waals surface area contributed by atoms with Gasteiger partial charge in [0.1, 0.15) is 11.5 Å². The molecule has 0 fully saturated rings. The van der Waals surface area contributed by atoms with E-state index in [1.54, 1.807) is 12.3 Å². The molecule has 0 bridgehead atoms. The van der Waals surface area contributed by atoms with E-state index in [0.29, 0.717) is 23.5 Å². The molecule has 0 aliphatic carbocycles. The number of benzene rings is 2. The third-order valence-electron chi connectivity index (χ3n) is 5.52. The summed E-state index contributed by atoms with van der Waals surface area (Å²) in [6.45, 7) is 4.19. The molecule has 0 unspecified atom stereocenters. The van der Waals surface area contributed by atoms with Crippen LogP contribution in [0.2, 0.25) is 0 Å². The summed E-state index contributed by atoms with van der Waals surface area (Å²) in [5, 5.41) is 9.84. The molecule has 3 aromatic heterocycles. The van der Waals surface area contributed by atoms with E-state index < -0.39 is 0 Å². The number of nitrogens with zero attached hydrogens (tertiary/aromatic N) is 5. The van der Waals surface area contributed by atoms with Crippen LogP contribution in [-0.4, -0.2) is 24.1 Å². The van der Waals surface area contributed by atoms with Gasteiger partial charge in [-0.3, -0.25) is 13.8 Å². The molecule has 0 aliphatic rings. The fourth-order valence-electron chi connectivity index (χ4n) is 3.92. The quantitative estimate of drug-likeness (QED) is 0.269. The highest BCUT2D eigenvalue weighted by molar-refractivity contribution is 9.10. The largest absolute Gasteiger partial charge is 0.273 e. The van der Waals surface area contributed by atoms with E-state index in [4.69, 9.17) is 0 Å². The van der Waals surface area contributed by atoms with Crippen LogP contribution in [0.5, 0.6) is 0 Å². The maximum atomic E-state index is 12.6. The van der Waals surface area contributed by atoms with Crippen LogP contribution in [0.1, 0.15) is 28.2 Å². The Morgan fingerprint density at radius 2 is 1.79 bits per heavy atom. The first kappa shape index (κ1) is 22.6. The second-order valence-electron chi connectivity index (χ2n) is 8.14. The first-order chi connectivity index (χ1) is 16.5. The molecule has 34 heavy (non-hydrogen) atoms. The molecule has 0 amide bonds. The van der Waals surface area contributed by atoms with Crippen LogP contribution in [0.4, 0.5) is 0 Å². The number of hydrogen-bond donors (Lipinski definition) is 0. The van der Waals surface area contributed by atoms with Gasteiger partial charge in [-0.15, -0.1) is 10.2 Å². The van der Waals surface area contributed by atoms with Gasteiger partial charge >= 0.3 is 0 Å². The summed E-state index contributed by atoms with van der Waals surface area (Å²) in [5.41, 5.74) is 5.81. The van der Waals surface area contributed by atoms with E-state index in [9.17, 15) is 4.79 Å². The van der Waals surface area contributed by atoms with Gasteiger partial charge in [0.15, 0.2) is 5.16 Å². The lowest BCUT2D eigenvalue weighted by molar-refractivity contribution is 0.840. The highest BCUT2D eigenvalue weighted by atomic mass is 79.9. The Labute approximate surface area is 209 Å². The zero-order valence-corrected chi connectivity index (χ0v) is 21.2. The van der Waals surface area contributed by atoms with Crippen molar-refractivity contribution in [2.75, 3.05) is 0 Å². The molecule has 3 heterocycles. The molecule has 0 aliphatic heterocycles.